The van der Waals surface area contributed by atoms with Crippen LogP contribution in [0, 0.1) is 13.8 Å². The standard InChI is InChI=1S/C12H18N2O.ClH/c1-8-4-5-11(6-9(8)2)12(15)14-10(3)7-13;/h4-6,10H,7,13H2,1-3H3,(H,14,15);1H/t10-;/m0./s1. The van der Waals surface area contributed by atoms with Crippen molar-refractivity contribution in [2.75, 3.05) is 6.54 Å². The maximum absolute atomic E-state index is 11.7. The summed E-state index contributed by atoms with van der Waals surface area (Å²) in [5.74, 6) is -0.0592. The largest absolute Gasteiger partial charge is 0.348 e. The van der Waals surface area contributed by atoms with Crippen LogP contribution < -0.4 is 11.1 Å². The Labute approximate surface area is 103 Å². The van der Waals surface area contributed by atoms with Crippen LogP contribution in [0.25, 0.3) is 0 Å². The minimum absolute atomic E-state index is 0. The summed E-state index contributed by atoms with van der Waals surface area (Å²) in [6, 6.07) is 5.70. The summed E-state index contributed by atoms with van der Waals surface area (Å²) in [6.07, 6.45) is 0. The van der Waals surface area contributed by atoms with Crippen LogP contribution in [0.4, 0.5) is 0 Å². The molecule has 0 heterocycles. The molecule has 1 aromatic carbocycles. The molecule has 1 aromatic rings. The molecule has 0 saturated heterocycles. The molecule has 0 aliphatic rings. The van der Waals surface area contributed by atoms with Crippen molar-refractivity contribution in [2.45, 2.75) is 26.8 Å². The first-order chi connectivity index (χ1) is 7.04. The highest BCUT2D eigenvalue weighted by Crippen LogP contribution is 2.09. The highest BCUT2D eigenvalue weighted by molar-refractivity contribution is 5.94. The Kier molecular flexibility index (Phi) is 6.08. The number of carbonyl (C=O) groups is 1. The van der Waals surface area contributed by atoms with E-state index in [1.54, 1.807) is 0 Å². The summed E-state index contributed by atoms with van der Waals surface area (Å²) in [5, 5.41) is 2.83. The molecule has 3 N–H and O–H groups in total. The monoisotopic (exact) mass is 242 g/mol. The quantitative estimate of drug-likeness (QED) is 0.849. The van der Waals surface area contributed by atoms with Crippen molar-refractivity contribution in [2.24, 2.45) is 5.73 Å². The topological polar surface area (TPSA) is 55.1 Å². The molecule has 0 aromatic heterocycles. The van der Waals surface area contributed by atoms with Gasteiger partial charge in [0.05, 0.1) is 0 Å². The third kappa shape index (κ3) is 3.83. The van der Waals surface area contributed by atoms with Gasteiger partial charge < -0.3 is 11.1 Å². The van der Waals surface area contributed by atoms with Gasteiger partial charge in [-0.05, 0) is 44.0 Å². The van der Waals surface area contributed by atoms with E-state index in [9.17, 15) is 4.79 Å². The van der Waals surface area contributed by atoms with Crippen molar-refractivity contribution in [1.29, 1.82) is 0 Å². The predicted octanol–water partition coefficient (Wildman–Crippen LogP) is 1.80. The minimum Gasteiger partial charge on any atom is -0.348 e. The molecule has 0 saturated carbocycles. The zero-order valence-corrected chi connectivity index (χ0v) is 10.7. The average Bonchev–Trinajstić information content (AvgIpc) is 2.21. The highest BCUT2D eigenvalue weighted by atomic mass is 35.5. The van der Waals surface area contributed by atoms with E-state index in [1.165, 1.54) is 5.56 Å². The zero-order chi connectivity index (χ0) is 11.4. The summed E-state index contributed by atoms with van der Waals surface area (Å²) in [6.45, 7) is 6.37. The minimum atomic E-state index is -0.0592. The molecular weight excluding hydrogens is 224 g/mol. The summed E-state index contributed by atoms with van der Waals surface area (Å²) >= 11 is 0. The zero-order valence-electron chi connectivity index (χ0n) is 9.91. The van der Waals surface area contributed by atoms with E-state index >= 15 is 0 Å². The van der Waals surface area contributed by atoms with E-state index in [2.05, 4.69) is 5.32 Å². The summed E-state index contributed by atoms with van der Waals surface area (Å²) in [5.41, 5.74) is 8.45. The Morgan fingerprint density at radius 2 is 2.00 bits per heavy atom. The molecule has 0 radical (unpaired) electrons. The van der Waals surface area contributed by atoms with Gasteiger partial charge >= 0.3 is 0 Å². The second kappa shape index (κ2) is 6.51. The number of benzene rings is 1. The number of hydrogen-bond acceptors (Lipinski definition) is 2. The molecule has 0 spiro atoms. The van der Waals surface area contributed by atoms with Gasteiger partial charge in [-0.3, -0.25) is 4.79 Å². The Hall–Kier alpha value is -1.06. The van der Waals surface area contributed by atoms with E-state index < -0.39 is 0 Å². The lowest BCUT2D eigenvalue weighted by Gasteiger charge is -2.11. The first kappa shape index (κ1) is 14.9. The van der Waals surface area contributed by atoms with Gasteiger partial charge in [-0.1, -0.05) is 6.07 Å². The van der Waals surface area contributed by atoms with E-state index in [4.69, 9.17) is 5.73 Å². The van der Waals surface area contributed by atoms with Crippen molar-refractivity contribution < 1.29 is 4.79 Å². The molecule has 0 aliphatic carbocycles. The number of aryl methyl sites for hydroxylation is 2. The normalized spacial score (nSPS) is 11.5. The molecule has 3 nitrogen and oxygen atoms in total. The maximum Gasteiger partial charge on any atom is 0.251 e. The number of nitrogens with one attached hydrogen (secondary N) is 1. The van der Waals surface area contributed by atoms with E-state index in [-0.39, 0.29) is 24.4 Å². The van der Waals surface area contributed by atoms with E-state index in [0.29, 0.717) is 12.1 Å². The van der Waals surface area contributed by atoms with Gasteiger partial charge in [-0.15, -0.1) is 12.4 Å². The van der Waals surface area contributed by atoms with Crippen molar-refractivity contribution in [3.63, 3.8) is 0 Å². The fourth-order valence-corrected chi connectivity index (χ4v) is 1.25. The number of rotatable bonds is 3. The van der Waals surface area contributed by atoms with Crippen LogP contribution in [0.15, 0.2) is 18.2 Å². The number of hydrogen-bond donors (Lipinski definition) is 2. The van der Waals surface area contributed by atoms with Crippen LogP contribution >= 0.6 is 12.4 Å². The molecule has 0 aliphatic heterocycles. The summed E-state index contributed by atoms with van der Waals surface area (Å²) in [4.78, 5) is 11.7. The van der Waals surface area contributed by atoms with Gasteiger partial charge in [-0.2, -0.15) is 0 Å². The molecule has 0 unspecified atom stereocenters. The van der Waals surface area contributed by atoms with Gasteiger partial charge in [0.1, 0.15) is 0 Å². The first-order valence-electron chi connectivity index (χ1n) is 5.12. The lowest BCUT2D eigenvalue weighted by atomic mass is 10.1. The fraction of sp³-hybridized carbons (Fsp3) is 0.417. The van der Waals surface area contributed by atoms with Gasteiger partial charge in [-0.25, -0.2) is 0 Å². The third-order valence-electron chi connectivity index (χ3n) is 2.50. The van der Waals surface area contributed by atoms with Crippen LogP contribution in [-0.4, -0.2) is 18.5 Å². The molecular formula is C12H19ClN2O. The van der Waals surface area contributed by atoms with E-state index in [0.717, 1.165) is 5.56 Å². The van der Waals surface area contributed by atoms with Crippen LogP contribution in [0.2, 0.25) is 0 Å². The molecule has 4 heteroatoms. The summed E-state index contributed by atoms with van der Waals surface area (Å²) in [7, 11) is 0. The highest BCUT2D eigenvalue weighted by Gasteiger charge is 2.08. The Bertz CT molecular complexity index is 366. The molecule has 16 heavy (non-hydrogen) atoms. The van der Waals surface area contributed by atoms with Gasteiger partial charge in [0.25, 0.3) is 5.91 Å². The molecule has 1 amide bonds. The molecule has 90 valence electrons. The van der Waals surface area contributed by atoms with E-state index in [1.807, 2.05) is 39.0 Å². The first-order valence-corrected chi connectivity index (χ1v) is 5.12. The lowest BCUT2D eigenvalue weighted by Crippen LogP contribution is -2.37. The van der Waals surface area contributed by atoms with Gasteiger partial charge in [0.15, 0.2) is 0 Å². The van der Waals surface area contributed by atoms with Gasteiger partial charge in [0.2, 0.25) is 0 Å². The molecule has 1 rings (SSSR count). The molecule has 1 atom stereocenters. The molecule has 0 bridgehead atoms. The van der Waals surface area contributed by atoms with Crippen LogP contribution in [0.3, 0.4) is 0 Å². The van der Waals surface area contributed by atoms with Crippen LogP contribution in [0.5, 0.6) is 0 Å². The van der Waals surface area contributed by atoms with Crippen molar-refractivity contribution in [1.82, 2.24) is 5.32 Å². The number of amides is 1. The summed E-state index contributed by atoms with van der Waals surface area (Å²) < 4.78 is 0. The Morgan fingerprint density at radius 1 is 1.38 bits per heavy atom. The van der Waals surface area contributed by atoms with Crippen molar-refractivity contribution >= 4 is 18.3 Å². The Morgan fingerprint density at radius 3 is 2.50 bits per heavy atom. The fourth-order valence-electron chi connectivity index (χ4n) is 1.25. The van der Waals surface area contributed by atoms with Crippen molar-refractivity contribution in [3.8, 4) is 0 Å². The Balaban J connectivity index is 0.00000225. The van der Waals surface area contributed by atoms with Crippen molar-refractivity contribution in [3.05, 3.63) is 34.9 Å². The number of halogens is 1. The lowest BCUT2D eigenvalue weighted by molar-refractivity contribution is 0.0941. The number of carbonyl (C=O) groups excluding carboxylic acids is 1. The van der Waals surface area contributed by atoms with Crippen LogP contribution in [0.1, 0.15) is 28.4 Å². The third-order valence-corrected chi connectivity index (χ3v) is 2.50. The molecule has 0 fully saturated rings. The average molecular weight is 243 g/mol. The second-order valence-electron chi connectivity index (χ2n) is 3.91. The second-order valence-corrected chi connectivity index (χ2v) is 3.91. The predicted molar refractivity (Wildman–Crippen MR) is 69.1 cm³/mol. The smallest absolute Gasteiger partial charge is 0.251 e. The maximum atomic E-state index is 11.7. The SMILES string of the molecule is Cc1ccc(C(=O)N[C@@H](C)CN)cc1C.Cl. The van der Waals surface area contributed by atoms with Gasteiger partial charge in [0, 0.05) is 18.2 Å². The van der Waals surface area contributed by atoms with Crippen LogP contribution in [-0.2, 0) is 0 Å². The number of nitrogens with two attached hydrogens (primary N) is 1.